The number of imidazole rings is 1. The largest absolute Gasteiger partial charge is 0.398 e. The molecule has 0 saturated heterocycles. The fourth-order valence-electron chi connectivity index (χ4n) is 1.67. The highest BCUT2D eigenvalue weighted by Gasteiger charge is 2.08. The summed E-state index contributed by atoms with van der Waals surface area (Å²) in [5.41, 5.74) is 8.94. The van der Waals surface area contributed by atoms with Gasteiger partial charge < -0.3 is 10.3 Å². The summed E-state index contributed by atoms with van der Waals surface area (Å²) in [6, 6.07) is 6.02. The first kappa shape index (κ1) is 9.77. The quantitative estimate of drug-likeness (QED) is 0.758. The Bertz CT molecular complexity index is 471. The lowest BCUT2D eigenvalue weighted by Gasteiger charge is -2.08. The lowest BCUT2D eigenvalue weighted by atomic mass is 10.1. The molecule has 0 bridgehead atoms. The molecule has 2 aromatic rings. The van der Waals surface area contributed by atoms with Crippen molar-refractivity contribution in [2.45, 2.75) is 20.4 Å². The summed E-state index contributed by atoms with van der Waals surface area (Å²) < 4.78 is 2.09. The summed E-state index contributed by atoms with van der Waals surface area (Å²) in [4.78, 5) is 4.34. The number of benzene rings is 1. The van der Waals surface area contributed by atoms with Crippen molar-refractivity contribution in [2.24, 2.45) is 0 Å². The predicted octanol–water partition coefficient (Wildman–Crippen LogP) is 2.46. The van der Waals surface area contributed by atoms with Gasteiger partial charge in [0.1, 0.15) is 5.82 Å². The van der Waals surface area contributed by atoms with Crippen molar-refractivity contribution in [1.29, 1.82) is 0 Å². The normalized spacial score (nSPS) is 10.5. The summed E-state index contributed by atoms with van der Waals surface area (Å²) in [5, 5.41) is 0. The fourth-order valence-corrected chi connectivity index (χ4v) is 1.67. The zero-order chi connectivity index (χ0) is 10.8. The van der Waals surface area contributed by atoms with E-state index in [1.165, 1.54) is 5.56 Å². The lowest BCUT2D eigenvalue weighted by molar-refractivity contribution is 0.771. The van der Waals surface area contributed by atoms with Crippen LogP contribution in [0, 0.1) is 6.92 Å². The van der Waals surface area contributed by atoms with Crippen LogP contribution in [-0.4, -0.2) is 9.55 Å². The number of hydrogen-bond acceptors (Lipinski definition) is 2. The SMILES string of the molecule is CCn1ccnc1-c1cc(C)ccc1N. The van der Waals surface area contributed by atoms with Gasteiger partial charge >= 0.3 is 0 Å². The molecule has 0 fully saturated rings. The van der Waals surface area contributed by atoms with Gasteiger partial charge in [0, 0.05) is 30.2 Å². The first-order valence-corrected chi connectivity index (χ1v) is 5.10. The number of nitrogens with two attached hydrogens (primary N) is 1. The molecule has 15 heavy (non-hydrogen) atoms. The summed E-state index contributed by atoms with van der Waals surface area (Å²) in [6.07, 6.45) is 3.78. The zero-order valence-electron chi connectivity index (χ0n) is 9.07. The Morgan fingerprint density at radius 3 is 2.93 bits per heavy atom. The molecule has 0 aliphatic carbocycles. The molecule has 0 spiro atoms. The van der Waals surface area contributed by atoms with E-state index in [1.54, 1.807) is 6.20 Å². The third-order valence-corrected chi connectivity index (χ3v) is 2.51. The van der Waals surface area contributed by atoms with E-state index in [1.807, 2.05) is 18.3 Å². The number of anilines is 1. The maximum atomic E-state index is 5.95. The average molecular weight is 201 g/mol. The molecule has 2 N–H and O–H groups in total. The molecule has 0 atom stereocenters. The fraction of sp³-hybridized carbons (Fsp3) is 0.250. The van der Waals surface area contributed by atoms with E-state index >= 15 is 0 Å². The highest BCUT2D eigenvalue weighted by molar-refractivity contribution is 5.72. The van der Waals surface area contributed by atoms with Gasteiger partial charge in [0.05, 0.1) is 0 Å². The Labute approximate surface area is 89.6 Å². The third-order valence-electron chi connectivity index (χ3n) is 2.51. The van der Waals surface area contributed by atoms with Crippen molar-refractivity contribution in [2.75, 3.05) is 5.73 Å². The van der Waals surface area contributed by atoms with Gasteiger partial charge in [-0.25, -0.2) is 4.98 Å². The van der Waals surface area contributed by atoms with Gasteiger partial charge in [-0.2, -0.15) is 0 Å². The third kappa shape index (κ3) is 1.73. The van der Waals surface area contributed by atoms with Crippen LogP contribution in [0.4, 0.5) is 5.69 Å². The van der Waals surface area contributed by atoms with Crippen LogP contribution in [0.2, 0.25) is 0 Å². The van der Waals surface area contributed by atoms with Crippen LogP contribution in [0.1, 0.15) is 12.5 Å². The van der Waals surface area contributed by atoms with Gasteiger partial charge in [0.25, 0.3) is 0 Å². The highest BCUT2D eigenvalue weighted by Crippen LogP contribution is 2.25. The first-order valence-electron chi connectivity index (χ1n) is 5.10. The molecule has 3 nitrogen and oxygen atoms in total. The Morgan fingerprint density at radius 1 is 1.40 bits per heavy atom. The number of nitrogen functional groups attached to an aromatic ring is 1. The van der Waals surface area contributed by atoms with Crippen LogP contribution in [0.15, 0.2) is 30.6 Å². The minimum atomic E-state index is 0.779. The van der Waals surface area contributed by atoms with Gasteiger partial charge in [0.2, 0.25) is 0 Å². The van der Waals surface area contributed by atoms with E-state index in [-0.39, 0.29) is 0 Å². The van der Waals surface area contributed by atoms with Crippen LogP contribution < -0.4 is 5.73 Å². The second-order valence-corrected chi connectivity index (χ2v) is 3.63. The minimum absolute atomic E-state index is 0.779. The van der Waals surface area contributed by atoms with Gasteiger partial charge in [-0.15, -0.1) is 0 Å². The summed E-state index contributed by atoms with van der Waals surface area (Å²) in [5.74, 6) is 0.943. The first-order chi connectivity index (χ1) is 7.22. The van der Waals surface area contributed by atoms with Gasteiger partial charge in [-0.05, 0) is 26.0 Å². The summed E-state index contributed by atoms with van der Waals surface area (Å²) in [7, 11) is 0. The Morgan fingerprint density at radius 2 is 2.20 bits per heavy atom. The number of aryl methyl sites for hydroxylation is 2. The molecule has 78 valence electrons. The molecule has 0 saturated carbocycles. The second-order valence-electron chi connectivity index (χ2n) is 3.63. The number of rotatable bonds is 2. The van der Waals surface area contributed by atoms with Crippen molar-refractivity contribution in [3.05, 3.63) is 36.2 Å². The predicted molar refractivity (Wildman–Crippen MR) is 62.5 cm³/mol. The summed E-state index contributed by atoms with van der Waals surface area (Å²) in [6.45, 7) is 5.06. The van der Waals surface area contributed by atoms with E-state index in [0.29, 0.717) is 0 Å². The molecule has 3 heteroatoms. The second kappa shape index (κ2) is 3.77. The Kier molecular flexibility index (Phi) is 2.46. The van der Waals surface area contributed by atoms with Crippen molar-refractivity contribution in [3.63, 3.8) is 0 Å². The smallest absolute Gasteiger partial charge is 0.141 e. The van der Waals surface area contributed by atoms with Crippen molar-refractivity contribution in [3.8, 4) is 11.4 Å². The van der Waals surface area contributed by atoms with E-state index in [0.717, 1.165) is 23.6 Å². The van der Waals surface area contributed by atoms with Gasteiger partial charge in [-0.1, -0.05) is 11.6 Å². The topological polar surface area (TPSA) is 43.8 Å². The molecule has 0 unspecified atom stereocenters. The molecule has 0 aliphatic heterocycles. The van der Waals surface area contributed by atoms with E-state index in [4.69, 9.17) is 5.73 Å². The Balaban J connectivity index is 2.58. The number of aromatic nitrogens is 2. The van der Waals surface area contributed by atoms with Crippen LogP contribution in [-0.2, 0) is 6.54 Å². The molecule has 0 radical (unpaired) electrons. The molecule has 0 amide bonds. The van der Waals surface area contributed by atoms with E-state index < -0.39 is 0 Å². The molecule has 0 aliphatic rings. The van der Waals surface area contributed by atoms with Gasteiger partial charge in [0.15, 0.2) is 0 Å². The molecule has 1 aromatic heterocycles. The Hall–Kier alpha value is -1.77. The van der Waals surface area contributed by atoms with Crippen LogP contribution >= 0.6 is 0 Å². The minimum Gasteiger partial charge on any atom is -0.398 e. The van der Waals surface area contributed by atoms with E-state index in [9.17, 15) is 0 Å². The molecule has 2 rings (SSSR count). The zero-order valence-corrected chi connectivity index (χ0v) is 9.07. The van der Waals surface area contributed by atoms with E-state index in [2.05, 4.69) is 29.5 Å². The molecule has 1 aromatic carbocycles. The van der Waals surface area contributed by atoms with Crippen molar-refractivity contribution in [1.82, 2.24) is 9.55 Å². The summed E-state index contributed by atoms with van der Waals surface area (Å²) >= 11 is 0. The number of hydrogen-bond donors (Lipinski definition) is 1. The highest BCUT2D eigenvalue weighted by atomic mass is 15.1. The maximum absolute atomic E-state index is 5.95. The molecular weight excluding hydrogens is 186 g/mol. The number of nitrogens with zero attached hydrogens (tertiary/aromatic N) is 2. The standard InChI is InChI=1S/C12H15N3/c1-3-15-7-6-14-12(15)10-8-9(2)4-5-11(10)13/h4-8H,3,13H2,1-2H3. The monoisotopic (exact) mass is 201 g/mol. The average Bonchev–Trinajstić information content (AvgIpc) is 2.69. The van der Waals surface area contributed by atoms with Gasteiger partial charge in [-0.3, -0.25) is 0 Å². The molecule has 1 heterocycles. The maximum Gasteiger partial charge on any atom is 0.141 e. The van der Waals surface area contributed by atoms with Crippen molar-refractivity contribution >= 4 is 5.69 Å². The lowest BCUT2D eigenvalue weighted by Crippen LogP contribution is -1.99. The molecular formula is C12H15N3. The van der Waals surface area contributed by atoms with Crippen LogP contribution in [0.3, 0.4) is 0 Å². The van der Waals surface area contributed by atoms with Crippen molar-refractivity contribution < 1.29 is 0 Å². The van der Waals surface area contributed by atoms with Crippen LogP contribution in [0.5, 0.6) is 0 Å². The van der Waals surface area contributed by atoms with Crippen LogP contribution in [0.25, 0.3) is 11.4 Å².